The Morgan fingerprint density at radius 3 is 2.70 bits per heavy atom. The van der Waals surface area contributed by atoms with Crippen molar-refractivity contribution in [3.8, 4) is 0 Å². The molecule has 1 aliphatic carbocycles. The average Bonchev–Trinajstić information content (AvgIpc) is 2.92. The Morgan fingerprint density at radius 2 is 1.96 bits per heavy atom. The van der Waals surface area contributed by atoms with Crippen LogP contribution in [0.4, 0.5) is 4.39 Å². The van der Waals surface area contributed by atoms with Crippen LogP contribution in [0, 0.1) is 5.82 Å². The van der Waals surface area contributed by atoms with E-state index < -0.39 is 11.8 Å². The van der Waals surface area contributed by atoms with E-state index in [9.17, 15) is 9.92 Å². The fourth-order valence-electron chi connectivity index (χ4n) is 4.27. The van der Waals surface area contributed by atoms with E-state index in [0.29, 0.717) is 19.4 Å². The van der Waals surface area contributed by atoms with Gasteiger partial charge in [0, 0.05) is 4.91 Å². The van der Waals surface area contributed by atoms with Crippen molar-refractivity contribution in [2.75, 3.05) is 6.61 Å². The number of benzene rings is 2. The molecule has 0 amide bonds. The number of hydrogen-bond donors (Lipinski definition) is 0. The normalized spacial score (nSPS) is 25.8. The van der Waals surface area contributed by atoms with Gasteiger partial charge in [-0.25, -0.2) is 4.39 Å². The summed E-state index contributed by atoms with van der Waals surface area (Å²) in [6.07, 6.45) is 1.22. The highest BCUT2D eigenvalue weighted by Crippen LogP contribution is 2.45. The van der Waals surface area contributed by atoms with Crippen LogP contribution in [0.15, 0.2) is 47.6 Å². The lowest BCUT2D eigenvalue weighted by Crippen LogP contribution is -2.23. The van der Waals surface area contributed by atoms with Gasteiger partial charge in [0.1, 0.15) is 5.82 Å². The lowest BCUT2D eigenvalue weighted by molar-refractivity contribution is -0.139. The van der Waals surface area contributed by atoms with Gasteiger partial charge in [-0.05, 0) is 72.5 Å². The van der Waals surface area contributed by atoms with E-state index in [1.54, 1.807) is 6.07 Å². The zero-order valence-electron chi connectivity index (χ0n) is 15.4. The van der Waals surface area contributed by atoms with Crippen molar-refractivity contribution in [1.29, 1.82) is 0 Å². The Kier molecular flexibility index (Phi) is 4.64. The van der Waals surface area contributed by atoms with Gasteiger partial charge < -0.3 is 9.47 Å². The molecule has 1 aliphatic heterocycles. The van der Waals surface area contributed by atoms with Crippen LogP contribution in [0.25, 0.3) is 10.4 Å². The van der Waals surface area contributed by atoms with Crippen molar-refractivity contribution in [3.05, 3.63) is 81.0 Å². The molecular formula is C21H22FN3O2. The lowest BCUT2D eigenvalue weighted by atomic mass is 9.83. The smallest absolute Gasteiger partial charge is 0.163 e. The van der Waals surface area contributed by atoms with E-state index >= 15 is 0 Å². The first-order valence-electron chi connectivity index (χ1n) is 9.19. The van der Waals surface area contributed by atoms with E-state index in [4.69, 9.17) is 9.47 Å². The Hall–Kier alpha value is -2.40. The van der Waals surface area contributed by atoms with Crippen molar-refractivity contribution >= 4 is 0 Å². The van der Waals surface area contributed by atoms with Crippen LogP contribution in [0.1, 0.15) is 54.5 Å². The zero-order chi connectivity index (χ0) is 19.0. The number of hydrogen-bond acceptors (Lipinski definition) is 3. The van der Waals surface area contributed by atoms with Gasteiger partial charge in [-0.1, -0.05) is 35.4 Å². The van der Waals surface area contributed by atoms with Crippen LogP contribution in [0.5, 0.6) is 0 Å². The molecule has 140 valence electrons. The SMILES string of the molecule is CC1(C)OC[C@@H](C[C@@H]2c3ccccc3Cc3ccc(F)cc3[C@@H]2N=[N+]=[N-])O1. The maximum absolute atomic E-state index is 14.0. The van der Waals surface area contributed by atoms with E-state index in [2.05, 4.69) is 22.2 Å². The standard InChI is InChI=1S/C21H22FN3O2/c1-21(2)26-12-16(27-21)11-19-17-6-4-3-5-13(17)9-14-7-8-15(22)10-18(14)20(19)24-25-23/h3-8,10,16,19-20H,9,11-12H2,1-2H3/t16-,19-,20+/m1/s1. The molecule has 0 radical (unpaired) electrons. The predicted molar refractivity (Wildman–Crippen MR) is 99.8 cm³/mol. The molecule has 27 heavy (non-hydrogen) atoms. The second-order valence-electron chi connectivity index (χ2n) is 7.66. The summed E-state index contributed by atoms with van der Waals surface area (Å²) in [5.41, 5.74) is 13.3. The van der Waals surface area contributed by atoms with Crippen molar-refractivity contribution in [3.63, 3.8) is 0 Å². The molecule has 1 fully saturated rings. The lowest BCUT2D eigenvalue weighted by Gasteiger charge is -2.27. The molecule has 0 spiro atoms. The van der Waals surface area contributed by atoms with Crippen LogP contribution in [0.2, 0.25) is 0 Å². The van der Waals surface area contributed by atoms with E-state index in [1.165, 1.54) is 17.7 Å². The predicted octanol–water partition coefficient (Wildman–Crippen LogP) is 5.41. The number of ether oxygens (including phenoxy) is 2. The summed E-state index contributed by atoms with van der Waals surface area (Å²) < 4.78 is 25.8. The molecule has 0 N–H and O–H groups in total. The third kappa shape index (κ3) is 3.56. The molecule has 1 heterocycles. The maximum atomic E-state index is 14.0. The number of azide groups is 1. The molecule has 0 unspecified atom stereocenters. The maximum Gasteiger partial charge on any atom is 0.163 e. The van der Waals surface area contributed by atoms with Crippen LogP contribution in [-0.2, 0) is 15.9 Å². The Labute approximate surface area is 157 Å². The number of halogens is 1. The first-order chi connectivity index (χ1) is 13.0. The minimum atomic E-state index is -0.618. The summed E-state index contributed by atoms with van der Waals surface area (Å²) >= 11 is 0. The average molecular weight is 367 g/mol. The quantitative estimate of drug-likeness (QED) is 0.414. The van der Waals surface area contributed by atoms with Gasteiger partial charge in [0.15, 0.2) is 5.79 Å². The van der Waals surface area contributed by atoms with Crippen molar-refractivity contribution in [2.24, 2.45) is 5.11 Å². The van der Waals surface area contributed by atoms with Crippen LogP contribution >= 0.6 is 0 Å². The number of fused-ring (bicyclic) bond motifs is 2. The minimum Gasteiger partial charge on any atom is -0.348 e. The van der Waals surface area contributed by atoms with E-state index in [-0.39, 0.29) is 17.8 Å². The van der Waals surface area contributed by atoms with Gasteiger partial charge >= 0.3 is 0 Å². The molecule has 2 aromatic carbocycles. The molecular weight excluding hydrogens is 345 g/mol. The van der Waals surface area contributed by atoms with Crippen LogP contribution in [0.3, 0.4) is 0 Å². The molecule has 2 aromatic rings. The van der Waals surface area contributed by atoms with Gasteiger partial charge in [0.25, 0.3) is 0 Å². The molecule has 5 nitrogen and oxygen atoms in total. The summed E-state index contributed by atoms with van der Waals surface area (Å²) in [5.74, 6) is -1.05. The van der Waals surface area contributed by atoms with Crippen molar-refractivity contribution in [2.45, 2.75) is 50.5 Å². The number of nitrogens with zero attached hydrogens (tertiary/aromatic N) is 3. The molecule has 2 aliphatic rings. The van der Waals surface area contributed by atoms with Crippen molar-refractivity contribution < 1.29 is 13.9 Å². The van der Waals surface area contributed by atoms with E-state index in [0.717, 1.165) is 16.7 Å². The second kappa shape index (κ2) is 6.97. The topological polar surface area (TPSA) is 67.2 Å². The molecule has 0 bridgehead atoms. The highest BCUT2D eigenvalue weighted by molar-refractivity contribution is 5.45. The molecule has 0 aromatic heterocycles. The Balaban J connectivity index is 1.81. The largest absolute Gasteiger partial charge is 0.348 e. The summed E-state index contributed by atoms with van der Waals surface area (Å²) in [4.78, 5) is 3.09. The van der Waals surface area contributed by atoms with E-state index in [1.807, 2.05) is 26.0 Å². The summed E-state index contributed by atoms with van der Waals surface area (Å²) in [5, 5.41) is 4.10. The van der Waals surface area contributed by atoms with Gasteiger partial charge in [0.2, 0.25) is 0 Å². The van der Waals surface area contributed by atoms with Gasteiger partial charge in [-0.2, -0.15) is 0 Å². The fourth-order valence-corrected chi connectivity index (χ4v) is 4.27. The molecule has 6 heteroatoms. The van der Waals surface area contributed by atoms with Gasteiger partial charge in [-0.15, -0.1) is 0 Å². The minimum absolute atomic E-state index is 0.107. The van der Waals surface area contributed by atoms with Crippen molar-refractivity contribution in [1.82, 2.24) is 0 Å². The highest BCUT2D eigenvalue weighted by atomic mass is 19.1. The first kappa shape index (κ1) is 18.0. The number of rotatable bonds is 3. The van der Waals surface area contributed by atoms with Crippen LogP contribution in [-0.4, -0.2) is 18.5 Å². The Morgan fingerprint density at radius 1 is 1.19 bits per heavy atom. The summed E-state index contributed by atoms with van der Waals surface area (Å²) in [6, 6.07) is 12.4. The molecule has 3 atom stereocenters. The van der Waals surface area contributed by atoms with Gasteiger partial charge in [0.05, 0.1) is 18.8 Å². The molecule has 4 rings (SSSR count). The first-order valence-corrected chi connectivity index (χ1v) is 9.19. The fraction of sp³-hybridized carbons (Fsp3) is 0.429. The third-order valence-electron chi connectivity index (χ3n) is 5.40. The monoisotopic (exact) mass is 367 g/mol. The second-order valence-corrected chi connectivity index (χ2v) is 7.66. The zero-order valence-corrected chi connectivity index (χ0v) is 15.4. The summed E-state index contributed by atoms with van der Waals surface area (Å²) in [6.45, 7) is 4.28. The summed E-state index contributed by atoms with van der Waals surface area (Å²) in [7, 11) is 0. The molecule has 1 saturated heterocycles. The van der Waals surface area contributed by atoms with Gasteiger partial charge in [-0.3, -0.25) is 0 Å². The molecule has 0 saturated carbocycles. The highest BCUT2D eigenvalue weighted by Gasteiger charge is 2.38. The Bertz CT molecular complexity index is 908. The van der Waals surface area contributed by atoms with Crippen LogP contribution < -0.4 is 0 Å². The third-order valence-corrected chi connectivity index (χ3v) is 5.40.